The summed E-state index contributed by atoms with van der Waals surface area (Å²) in [5.41, 5.74) is 4.65. The molecule has 0 saturated carbocycles. The lowest BCUT2D eigenvalue weighted by Gasteiger charge is -1.95. The van der Waals surface area contributed by atoms with Gasteiger partial charge in [-0.3, -0.25) is 0 Å². The number of fused-ring (bicyclic) bond motifs is 1. The van der Waals surface area contributed by atoms with Crippen molar-refractivity contribution in [2.75, 3.05) is 0 Å². The van der Waals surface area contributed by atoms with E-state index in [4.69, 9.17) is 11.6 Å². The molecule has 3 rings (SSSR count). The zero-order valence-corrected chi connectivity index (χ0v) is 10.0. The van der Waals surface area contributed by atoms with Crippen molar-refractivity contribution in [1.82, 2.24) is 4.98 Å². The summed E-state index contributed by atoms with van der Waals surface area (Å²) in [6.45, 7) is 0. The maximum absolute atomic E-state index is 5.84. The molecule has 84 valence electrons. The highest BCUT2D eigenvalue weighted by Gasteiger charge is 2.03. The summed E-state index contributed by atoms with van der Waals surface area (Å²) >= 11 is 5.84. The van der Waals surface area contributed by atoms with E-state index in [9.17, 15) is 0 Å². The van der Waals surface area contributed by atoms with Gasteiger partial charge in [-0.15, -0.1) is 11.6 Å². The van der Waals surface area contributed by atoms with Crippen molar-refractivity contribution in [3.05, 3.63) is 60.2 Å². The van der Waals surface area contributed by atoms with Gasteiger partial charge in [0.1, 0.15) is 0 Å². The molecule has 0 amide bonds. The monoisotopic (exact) mass is 241 g/mol. The third-order valence-electron chi connectivity index (χ3n) is 2.92. The number of aromatic nitrogens is 1. The fourth-order valence-corrected chi connectivity index (χ4v) is 2.20. The van der Waals surface area contributed by atoms with Gasteiger partial charge in [0.2, 0.25) is 0 Å². The molecule has 2 aromatic carbocycles. The van der Waals surface area contributed by atoms with E-state index in [1.807, 2.05) is 18.2 Å². The first-order chi connectivity index (χ1) is 8.36. The Labute approximate surface area is 105 Å². The summed E-state index contributed by atoms with van der Waals surface area (Å²) in [5, 5.41) is 1.21. The highest BCUT2D eigenvalue weighted by molar-refractivity contribution is 6.17. The first kappa shape index (κ1) is 10.4. The maximum atomic E-state index is 5.84. The molecule has 0 aliphatic rings. The van der Waals surface area contributed by atoms with Crippen LogP contribution in [0.5, 0.6) is 0 Å². The number of halogens is 1. The molecule has 0 aliphatic carbocycles. The van der Waals surface area contributed by atoms with Gasteiger partial charge in [0.05, 0.1) is 0 Å². The van der Waals surface area contributed by atoms with Crippen LogP contribution in [-0.2, 0) is 5.88 Å². The van der Waals surface area contributed by atoms with Crippen LogP contribution in [0.25, 0.3) is 22.2 Å². The number of hydrogen-bond acceptors (Lipinski definition) is 0. The molecule has 0 bridgehead atoms. The number of rotatable bonds is 2. The third-order valence-corrected chi connectivity index (χ3v) is 3.23. The zero-order chi connectivity index (χ0) is 11.7. The molecule has 0 radical (unpaired) electrons. The Balaban J connectivity index is 2.14. The van der Waals surface area contributed by atoms with Crippen molar-refractivity contribution in [2.24, 2.45) is 0 Å². The minimum absolute atomic E-state index is 0.557. The predicted octanol–water partition coefficient (Wildman–Crippen LogP) is 4.57. The van der Waals surface area contributed by atoms with E-state index < -0.39 is 0 Å². The Kier molecular flexibility index (Phi) is 2.62. The number of nitrogens with one attached hydrogen (secondary N) is 1. The van der Waals surface area contributed by atoms with Crippen LogP contribution in [-0.4, -0.2) is 4.98 Å². The lowest BCUT2D eigenvalue weighted by atomic mass is 10.1. The van der Waals surface area contributed by atoms with Crippen LogP contribution in [0.15, 0.2) is 54.6 Å². The molecule has 0 atom stereocenters. The van der Waals surface area contributed by atoms with Crippen LogP contribution in [0.2, 0.25) is 0 Å². The second kappa shape index (κ2) is 4.27. The smallest absolute Gasteiger partial charge is 0.0474 e. The lowest BCUT2D eigenvalue weighted by molar-refractivity contribution is 1.41. The van der Waals surface area contributed by atoms with E-state index in [0.29, 0.717) is 5.88 Å². The summed E-state index contributed by atoms with van der Waals surface area (Å²) < 4.78 is 0. The van der Waals surface area contributed by atoms with Crippen molar-refractivity contribution in [3.8, 4) is 11.3 Å². The van der Waals surface area contributed by atoms with Crippen LogP contribution in [0, 0.1) is 0 Å². The Bertz CT molecular complexity index is 640. The molecule has 0 unspecified atom stereocenters. The SMILES string of the molecule is ClCc1ccc2[nH]c(-c3ccccc3)cc2c1. The first-order valence-electron chi connectivity index (χ1n) is 5.60. The highest BCUT2D eigenvalue weighted by Crippen LogP contribution is 2.25. The second-order valence-electron chi connectivity index (χ2n) is 4.10. The van der Waals surface area contributed by atoms with Gasteiger partial charge in [0.15, 0.2) is 0 Å². The van der Waals surface area contributed by atoms with Gasteiger partial charge >= 0.3 is 0 Å². The number of hydrogen-bond donors (Lipinski definition) is 1. The number of alkyl halides is 1. The molecule has 1 heterocycles. The van der Waals surface area contributed by atoms with E-state index in [0.717, 1.165) is 16.8 Å². The van der Waals surface area contributed by atoms with Gasteiger partial charge in [-0.05, 0) is 29.3 Å². The van der Waals surface area contributed by atoms with Gasteiger partial charge in [0, 0.05) is 22.5 Å². The van der Waals surface area contributed by atoms with Gasteiger partial charge in [-0.2, -0.15) is 0 Å². The molecule has 2 heteroatoms. The van der Waals surface area contributed by atoms with Crippen LogP contribution >= 0.6 is 11.6 Å². The van der Waals surface area contributed by atoms with Gasteiger partial charge < -0.3 is 4.98 Å². The summed E-state index contributed by atoms with van der Waals surface area (Å²) in [6, 6.07) is 18.8. The Hall–Kier alpha value is -1.73. The quantitative estimate of drug-likeness (QED) is 0.633. The number of aromatic amines is 1. The summed E-state index contributed by atoms with van der Waals surface area (Å²) in [6.07, 6.45) is 0. The number of H-pyrrole nitrogens is 1. The molecule has 1 N–H and O–H groups in total. The topological polar surface area (TPSA) is 15.8 Å². The molecule has 1 nitrogen and oxygen atoms in total. The Morgan fingerprint density at radius 1 is 0.941 bits per heavy atom. The lowest BCUT2D eigenvalue weighted by Crippen LogP contribution is -1.76. The molecular formula is C15H12ClN. The van der Waals surface area contributed by atoms with E-state index in [1.54, 1.807) is 0 Å². The van der Waals surface area contributed by atoms with E-state index >= 15 is 0 Å². The standard InChI is InChI=1S/C15H12ClN/c16-10-11-6-7-14-13(8-11)9-15(17-14)12-4-2-1-3-5-12/h1-9,17H,10H2. The fourth-order valence-electron chi connectivity index (χ4n) is 2.04. The highest BCUT2D eigenvalue weighted by atomic mass is 35.5. The molecule has 0 fully saturated rings. The molecular weight excluding hydrogens is 230 g/mol. The third kappa shape index (κ3) is 1.94. The van der Waals surface area contributed by atoms with Crippen LogP contribution in [0.1, 0.15) is 5.56 Å². The maximum Gasteiger partial charge on any atom is 0.0474 e. The average molecular weight is 242 g/mol. The van der Waals surface area contributed by atoms with Crippen LogP contribution in [0.3, 0.4) is 0 Å². The summed E-state index contributed by atoms with van der Waals surface area (Å²) in [7, 11) is 0. The Morgan fingerprint density at radius 2 is 1.76 bits per heavy atom. The summed E-state index contributed by atoms with van der Waals surface area (Å²) in [4.78, 5) is 3.42. The second-order valence-corrected chi connectivity index (χ2v) is 4.37. The van der Waals surface area contributed by atoms with E-state index in [1.165, 1.54) is 10.9 Å². The van der Waals surface area contributed by atoms with Gasteiger partial charge in [0.25, 0.3) is 0 Å². The van der Waals surface area contributed by atoms with Crippen molar-refractivity contribution in [3.63, 3.8) is 0 Å². The van der Waals surface area contributed by atoms with Gasteiger partial charge in [-0.1, -0.05) is 36.4 Å². The van der Waals surface area contributed by atoms with Crippen LogP contribution < -0.4 is 0 Å². The fraction of sp³-hybridized carbons (Fsp3) is 0.0667. The molecule has 0 spiro atoms. The predicted molar refractivity (Wildman–Crippen MR) is 73.3 cm³/mol. The average Bonchev–Trinajstić information content (AvgIpc) is 2.82. The minimum Gasteiger partial charge on any atom is -0.355 e. The molecule has 17 heavy (non-hydrogen) atoms. The summed E-state index contributed by atoms with van der Waals surface area (Å²) in [5.74, 6) is 0.557. The zero-order valence-electron chi connectivity index (χ0n) is 9.28. The Morgan fingerprint density at radius 3 is 2.53 bits per heavy atom. The van der Waals surface area contributed by atoms with Crippen molar-refractivity contribution in [1.29, 1.82) is 0 Å². The molecule has 0 aliphatic heterocycles. The molecule has 0 saturated heterocycles. The van der Waals surface area contributed by atoms with Crippen molar-refractivity contribution >= 4 is 22.5 Å². The minimum atomic E-state index is 0.557. The largest absolute Gasteiger partial charge is 0.355 e. The van der Waals surface area contributed by atoms with E-state index in [2.05, 4.69) is 41.4 Å². The molecule has 3 aromatic rings. The normalized spacial score (nSPS) is 10.9. The first-order valence-corrected chi connectivity index (χ1v) is 6.13. The van der Waals surface area contributed by atoms with Crippen molar-refractivity contribution < 1.29 is 0 Å². The van der Waals surface area contributed by atoms with E-state index in [-0.39, 0.29) is 0 Å². The molecule has 1 aromatic heterocycles. The van der Waals surface area contributed by atoms with Crippen molar-refractivity contribution in [2.45, 2.75) is 5.88 Å². The van der Waals surface area contributed by atoms with Crippen LogP contribution in [0.4, 0.5) is 0 Å². The van der Waals surface area contributed by atoms with Gasteiger partial charge in [-0.25, -0.2) is 0 Å². The number of benzene rings is 2.